The van der Waals surface area contributed by atoms with Crippen LogP contribution in [0.2, 0.25) is 0 Å². The molecule has 2 bridgehead atoms. The Kier molecular flexibility index (Phi) is 6.54. The number of piperazine rings is 1. The highest BCUT2D eigenvalue weighted by molar-refractivity contribution is 5.99. The molecule has 2 N–H and O–H groups in total. The summed E-state index contributed by atoms with van der Waals surface area (Å²) < 4.78 is 79.3. The van der Waals surface area contributed by atoms with E-state index in [1.807, 2.05) is 4.90 Å². The molecule has 0 amide bonds. The van der Waals surface area contributed by atoms with E-state index in [9.17, 15) is 17.6 Å². The Labute approximate surface area is 254 Å². The Bertz CT molecular complexity index is 1860. The van der Waals surface area contributed by atoms with Gasteiger partial charge in [-0.2, -0.15) is 23.8 Å². The van der Waals surface area contributed by atoms with Crippen LogP contribution < -0.4 is 15.0 Å². The van der Waals surface area contributed by atoms with Gasteiger partial charge in [-0.05, 0) is 50.8 Å². The number of ether oxygens (including phenoxy) is 1. The van der Waals surface area contributed by atoms with Crippen LogP contribution in [0.4, 0.5) is 27.8 Å². The number of nitrogens with zero attached hydrogens (tertiary/aromatic N) is 6. The van der Waals surface area contributed by atoms with Gasteiger partial charge in [0.1, 0.15) is 35.6 Å². The first-order valence-corrected chi connectivity index (χ1v) is 15.2. The average molecular weight is 627 g/mol. The van der Waals surface area contributed by atoms with Gasteiger partial charge in [-0.25, -0.2) is 13.2 Å². The first kappa shape index (κ1) is 28.6. The molecule has 4 fully saturated rings. The molecule has 0 radical (unpaired) electrons. The molecule has 4 aromatic rings. The molecule has 4 aliphatic heterocycles. The molecular weight excluding hydrogens is 595 g/mol. The molecule has 8 rings (SSSR count). The van der Waals surface area contributed by atoms with Crippen LogP contribution in [0.25, 0.3) is 33.1 Å². The minimum absolute atomic E-state index is 0.0870. The van der Waals surface area contributed by atoms with Crippen molar-refractivity contribution < 1.29 is 26.7 Å². The number of fused-ring (bicyclic) bond motifs is 5. The summed E-state index contributed by atoms with van der Waals surface area (Å²) in [4.78, 5) is 17.6. The number of benzene rings is 1. The van der Waals surface area contributed by atoms with Gasteiger partial charge in [0.25, 0.3) is 6.08 Å². The first-order valence-electron chi connectivity index (χ1n) is 15.2. The van der Waals surface area contributed by atoms with Crippen molar-refractivity contribution in [1.29, 1.82) is 0 Å². The number of aromatic nitrogens is 5. The second-order valence-corrected chi connectivity index (χ2v) is 12.9. The normalized spacial score (nSPS) is 27.9. The number of rotatable bonds is 6. The van der Waals surface area contributed by atoms with Crippen LogP contribution in [-0.4, -0.2) is 86.1 Å². The van der Waals surface area contributed by atoms with Crippen LogP contribution in [0.1, 0.15) is 37.7 Å². The Balaban J connectivity index is 1.26. The lowest BCUT2D eigenvalue weighted by Crippen LogP contribution is -2.59. The molecule has 4 aliphatic rings. The fraction of sp³-hybridized carbons (Fsp3) is 0.484. The predicted octanol–water partition coefficient (Wildman–Crippen LogP) is 5.20. The molecule has 1 unspecified atom stereocenters. The Morgan fingerprint density at radius 3 is 2.87 bits per heavy atom. The third kappa shape index (κ3) is 4.63. The van der Waals surface area contributed by atoms with Crippen molar-refractivity contribution in [1.82, 2.24) is 35.4 Å². The van der Waals surface area contributed by atoms with Crippen LogP contribution in [-0.2, 0) is 0 Å². The first-order chi connectivity index (χ1) is 21.6. The number of hydrogen-bond acceptors (Lipinski definition) is 8. The van der Waals surface area contributed by atoms with E-state index in [1.54, 1.807) is 6.92 Å². The zero-order chi connectivity index (χ0) is 31.1. The minimum atomic E-state index is -1.78. The molecule has 9 nitrogen and oxygen atoms in total. The van der Waals surface area contributed by atoms with E-state index in [1.165, 1.54) is 18.5 Å². The number of anilines is 1. The van der Waals surface area contributed by atoms with Crippen molar-refractivity contribution in [3.05, 3.63) is 47.8 Å². The van der Waals surface area contributed by atoms with Crippen LogP contribution in [0, 0.1) is 18.6 Å². The molecule has 4 atom stereocenters. The third-order valence-corrected chi connectivity index (χ3v) is 10.1. The molecule has 45 heavy (non-hydrogen) atoms. The van der Waals surface area contributed by atoms with Crippen molar-refractivity contribution >= 4 is 27.6 Å². The smallest absolute Gasteiger partial charge is 0.319 e. The largest absolute Gasteiger partial charge is 0.461 e. The van der Waals surface area contributed by atoms with Crippen molar-refractivity contribution in [3.8, 4) is 17.3 Å². The molecule has 3 aromatic heterocycles. The molecule has 0 saturated carbocycles. The topological polar surface area (TPSA) is 95.1 Å². The van der Waals surface area contributed by atoms with Gasteiger partial charge in [-0.1, -0.05) is 0 Å². The van der Waals surface area contributed by atoms with Crippen LogP contribution >= 0.6 is 0 Å². The van der Waals surface area contributed by atoms with E-state index in [0.29, 0.717) is 49.1 Å². The van der Waals surface area contributed by atoms with Gasteiger partial charge in [0.15, 0.2) is 5.82 Å². The van der Waals surface area contributed by atoms with Gasteiger partial charge in [-0.3, -0.25) is 15.0 Å². The minimum Gasteiger partial charge on any atom is -0.461 e. The van der Waals surface area contributed by atoms with E-state index in [0.717, 1.165) is 25.5 Å². The molecule has 236 valence electrons. The van der Waals surface area contributed by atoms with Gasteiger partial charge >= 0.3 is 6.01 Å². The summed E-state index contributed by atoms with van der Waals surface area (Å²) in [6, 6.07) is 1.11. The number of H-pyrrole nitrogens is 1. The molecule has 7 heterocycles. The van der Waals surface area contributed by atoms with E-state index >= 15 is 4.39 Å². The lowest BCUT2D eigenvalue weighted by atomic mass is 9.95. The highest BCUT2D eigenvalue weighted by Crippen LogP contribution is 2.42. The summed E-state index contributed by atoms with van der Waals surface area (Å²) >= 11 is 0. The molecular formula is C31H31F5N8O. The summed E-state index contributed by atoms with van der Waals surface area (Å²) in [7, 11) is 0. The van der Waals surface area contributed by atoms with Gasteiger partial charge in [0.2, 0.25) is 0 Å². The van der Waals surface area contributed by atoms with Crippen LogP contribution in [0.5, 0.6) is 6.01 Å². The third-order valence-electron chi connectivity index (χ3n) is 10.1. The second kappa shape index (κ2) is 10.3. The standard InChI is InChI=1S/C31H31F5N8O/c1-16-21(33)7-22-19(11-38-42-22)24(16)27-25(36)26-20(10-37-27)28(43-13-18-3-5-30(14-43,41-18)9-23(34)35)40-29(39-26)45-15-31-4-2-6-44(31)12-17(32)8-31/h7,9-11,17-18,41H,2-6,8,12-15H2,1H3,(H,38,42)/t17-,18-,30-,31?/m1/s1. The number of aromatic amines is 1. The van der Waals surface area contributed by atoms with Gasteiger partial charge in [0.05, 0.1) is 28.2 Å². The molecule has 1 aromatic carbocycles. The number of nitrogens with one attached hydrogen (secondary N) is 2. The number of pyridine rings is 1. The van der Waals surface area contributed by atoms with E-state index < -0.39 is 35.0 Å². The van der Waals surface area contributed by atoms with Crippen molar-refractivity contribution in [2.75, 3.05) is 37.7 Å². The maximum atomic E-state index is 16.7. The summed E-state index contributed by atoms with van der Waals surface area (Å²) in [6.45, 7) is 3.39. The zero-order valence-corrected chi connectivity index (χ0v) is 24.5. The van der Waals surface area contributed by atoms with Crippen LogP contribution in [0.15, 0.2) is 30.6 Å². The lowest BCUT2D eigenvalue weighted by molar-refractivity contribution is 0.107. The maximum Gasteiger partial charge on any atom is 0.319 e. The number of hydrogen-bond donors (Lipinski definition) is 2. The number of alkyl halides is 1. The highest BCUT2D eigenvalue weighted by Gasteiger charge is 2.50. The zero-order valence-electron chi connectivity index (χ0n) is 24.5. The second-order valence-electron chi connectivity index (χ2n) is 12.9. The Morgan fingerprint density at radius 2 is 2.02 bits per heavy atom. The van der Waals surface area contributed by atoms with Crippen molar-refractivity contribution in [2.45, 2.75) is 62.3 Å². The fourth-order valence-corrected chi connectivity index (χ4v) is 8.06. The van der Waals surface area contributed by atoms with Gasteiger partial charge in [-0.15, -0.1) is 0 Å². The summed E-state index contributed by atoms with van der Waals surface area (Å²) in [6.07, 6.45) is 4.34. The molecule has 4 saturated heterocycles. The summed E-state index contributed by atoms with van der Waals surface area (Å²) in [5, 5.41) is 10.8. The summed E-state index contributed by atoms with van der Waals surface area (Å²) in [5.74, 6) is -1.04. The number of halogens is 5. The molecule has 0 aliphatic carbocycles. The van der Waals surface area contributed by atoms with Gasteiger partial charge < -0.3 is 15.0 Å². The fourth-order valence-electron chi connectivity index (χ4n) is 8.06. The van der Waals surface area contributed by atoms with E-state index in [-0.39, 0.29) is 52.9 Å². The van der Waals surface area contributed by atoms with E-state index in [4.69, 9.17) is 9.72 Å². The predicted molar refractivity (Wildman–Crippen MR) is 157 cm³/mol. The van der Waals surface area contributed by atoms with E-state index in [2.05, 4.69) is 30.4 Å². The van der Waals surface area contributed by atoms with Crippen molar-refractivity contribution in [2.24, 2.45) is 0 Å². The Hall–Kier alpha value is -3.91. The lowest BCUT2D eigenvalue weighted by Gasteiger charge is -2.40. The average Bonchev–Trinajstić information content (AvgIpc) is 3.75. The Morgan fingerprint density at radius 1 is 1.16 bits per heavy atom. The quantitative estimate of drug-likeness (QED) is 0.282. The van der Waals surface area contributed by atoms with Crippen LogP contribution in [0.3, 0.4) is 0 Å². The monoisotopic (exact) mass is 626 g/mol. The SMILES string of the molecule is Cc1c(F)cc2[nH]ncc2c1-c1ncc2c(N3C[C@H]4CC[C@@](C=C(F)F)(C3)N4)nc(OCC34CCCN3C[C@H](F)C4)nc2c1F. The maximum absolute atomic E-state index is 16.7. The molecule has 0 spiro atoms. The molecule has 14 heteroatoms. The van der Waals surface area contributed by atoms with Crippen molar-refractivity contribution in [3.63, 3.8) is 0 Å². The summed E-state index contributed by atoms with van der Waals surface area (Å²) in [5.41, 5.74) is -0.846. The van der Waals surface area contributed by atoms with Gasteiger partial charge in [0, 0.05) is 55.3 Å². The highest BCUT2D eigenvalue weighted by atomic mass is 19.3.